The molecule has 1 unspecified atom stereocenters. The number of hydrogen-bond acceptors (Lipinski definition) is 4. The smallest absolute Gasteiger partial charge is 0.242 e. The van der Waals surface area contributed by atoms with Crippen molar-refractivity contribution in [3.63, 3.8) is 0 Å². The maximum atomic E-state index is 13.2. The van der Waals surface area contributed by atoms with Gasteiger partial charge in [-0.1, -0.05) is 34.1 Å². The predicted molar refractivity (Wildman–Crippen MR) is 140 cm³/mol. The summed E-state index contributed by atoms with van der Waals surface area (Å²) < 4.78 is 27.2. The summed E-state index contributed by atoms with van der Waals surface area (Å²) >= 11 is 3.44. The van der Waals surface area contributed by atoms with E-state index in [2.05, 4.69) is 21.2 Å². The lowest BCUT2D eigenvalue weighted by Gasteiger charge is -2.29. The fourth-order valence-corrected chi connectivity index (χ4v) is 5.23. The maximum Gasteiger partial charge on any atom is 0.242 e. The Morgan fingerprint density at radius 1 is 1.09 bits per heavy atom. The molecule has 0 aliphatic heterocycles. The fraction of sp³-hybridized carbons (Fsp3) is 0.440. The zero-order valence-electron chi connectivity index (χ0n) is 20.5. The molecule has 7 nitrogen and oxygen atoms in total. The first kappa shape index (κ1) is 27.9. The van der Waals surface area contributed by atoms with E-state index in [1.807, 2.05) is 63.2 Å². The second kappa shape index (κ2) is 12.4. The Kier molecular flexibility index (Phi) is 10.1. The molecule has 0 aliphatic rings. The van der Waals surface area contributed by atoms with E-state index in [0.717, 1.165) is 21.2 Å². The van der Waals surface area contributed by atoms with Gasteiger partial charge in [0.15, 0.2) is 0 Å². The Labute approximate surface area is 211 Å². The monoisotopic (exact) mass is 551 g/mol. The van der Waals surface area contributed by atoms with Gasteiger partial charge < -0.3 is 10.2 Å². The third-order valence-electron chi connectivity index (χ3n) is 5.41. The van der Waals surface area contributed by atoms with E-state index in [0.29, 0.717) is 18.7 Å². The molecule has 9 heteroatoms. The van der Waals surface area contributed by atoms with Crippen molar-refractivity contribution in [2.75, 3.05) is 23.7 Å². The van der Waals surface area contributed by atoms with Crippen LogP contribution in [0.15, 0.2) is 46.9 Å². The molecule has 0 radical (unpaired) electrons. The molecule has 0 saturated heterocycles. The number of aryl methyl sites for hydroxylation is 2. The molecule has 2 aromatic rings. The third-order valence-corrected chi connectivity index (χ3v) is 7.09. The topological polar surface area (TPSA) is 86.8 Å². The zero-order valence-corrected chi connectivity index (χ0v) is 22.9. The van der Waals surface area contributed by atoms with Gasteiger partial charge in [0.1, 0.15) is 6.04 Å². The van der Waals surface area contributed by atoms with Crippen molar-refractivity contribution >= 4 is 43.5 Å². The second-order valence-corrected chi connectivity index (χ2v) is 11.3. The Morgan fingerprint density at radius 2 is 1.74 bits per heavy atom. The summed E-state index contributed by atoms with van der Waals surface area (Å²) in [6.45, 7) is 8.31. The number of benzene rings is 2. The van der Waals surface area contributed by atoms with E-state index >= 15 is 0 Å². The van der Waals surface area contributed by atoms with Crippen LogP contribution in [-0.2, 0) is 26.2 Å². The Bertz CT molecular complexity index is 1100. The van der Waals surface area contributed by atoms with Gasteiger partial charge in [0.2, 0.25) is 21.8 Å². The van der Waals surface area contributed by atoms with Crippen LogP contribution in [0.2, 0.25) is 0 Å². The van der Waals surface area contributed by atoms with Crippen LogP contribution in [0, 0.1) is 13.8 Å². The van der Waals surface area contributed by atoms with Gasteiger partial charge in [-0.3, -0.25) is 13.9 Å². The van der Waals surface area contributed by atoms with Gasteiger partial charge >= 0.3 is 0 Å². The number of sulfonamides is 1. The van der Waals surface area contributed by atoms with Crippen molar-refractivity contribution in [1.82, 2.24) is 10.2 Å². The number of nitrogens with zero attached hydrogens (tertiary/aromatic N) is 2. The first-order chi connectivity index (χ1) is 15.9. The van der Waals surface area contributed by atoms with Gasteiger partial charge in [-0.05, 0) is 75.1 Å². The number of halogens is 1. The highest BCUT2D eigenvalue weighted by Gasteiger charge is 2.26. The standard InChI is InChI=1S/C25H34BrN3O4S/c1-6-27-25(31)20(4)28(17-21-9-7-10-22(26)16-21)24(30)11-8-12-29(34(5,32)33)23-14-18(2)13-19(3)15-23/h7,9-10,13-16,20H,6,8,11-12,17H2,1-5H3,(H,27,31). The molecule has 0 heterocycles. The summed E-state index contributed by atoms with van der Waals surface area (Å²) in [4.78, 5) is 27.3. The zero-order chi connectivity index (χ0) is 25.5. The number of amides is 2. The lowest BCUT2D eigenvalue weighted by atomic mass is 10.1. The van der Waals surface area contributed by atoms with E-state index in [9.17, 15) is 18.0 Å². The second-order valence-electron chi connectivity index (χ2n) is 8.51. The van der Waals surface area contributed by atoms with Crippen LogP contribution in [0.4, 0.5) is 5.69 Å². The lowest BCUT2D eigenvalue weighted by molar-refractivity contribution is -0.140. The van der Waals surface area contributed by atoms with Crippen LogP contribution in [-0.4, -0.2) is 50.5 Å². The van der Waals surface area contributed by atoms with Crippen molar-refractivity contribution in [1.29, 1.82) is 0 Å². The molecule has 186 valence electrons. The number of carbonyl (C=O) groups is 2. The number of likely N-dealkylation sites (N-methyl/N-ethyl adjacent to an activating group) is 1. The highest BCUT2D eigenvalue weighted by molar-refractivity contribution is 9.10. The highest BCUT2D eigenvalue weighted by Crippen LogP contribution is 2.22. The van der Waals surface area contributed by atoms with Crippen molar-refractivity contribution in [2.45, 2.75) is 53.1 Å². The first-order valence-electron chi connectivity index (χ1n) is 11.3. The Morgan fingerprint density at radius 3 is 2.29 bits per heavy atom. The van der Waals surface area contributed by atoms with Crippen LogP contribution in [0.5, 0.6) is 0 Å². The summed E-state index contributed by atoms with van der Waals surface area (Å²) in [5, 5.41) is 2.77. The van der Waals surface area contributed by atoms with Crippen molar-refractivity contribution in [2.24, 2.45) is 0 Å². The average Bonchev–Trinajstić information content (AvgIpc) is 2.73. The van der Waals surface area contributed by atoms with Gasteiger partial charge in [-0.2, -0.15) is 0 Å². The molecular formula is C25H34BrN3O4S. The summed E-state index contributed by atoms with van der Waals surface area (Å²) in [5.41, 5.74) is 3.42. The molecule has 0 aliphatic carbocycles. The molecule has 2 rings (SSSR count). The van der Waals surface area contributed by atoms with E-state index in [1.54, 1.807) is 11.8 Å². The van der Waals surface area contributed by atoms with Crippen LogP contribution >= 0.6 is 15.9 Å². The van der Waals surface area contributed by atoms with Gasteiger partial charge in [-0.15, -0.1) is 0 Å². The largest absolute Gasteiger partial charge is 0.355 e. The third kappa shape index (κ3) is 8.13. The quantitative estimate of drug-likeness (QED) is 0.454. The molecule has 0 saturated carbocycles. The first-order valence-corrected chi connectivity index (χ1v) is 13.9. The fourth-order valence-electron chi connectivity index (χ4n) is 3.84. The summed E-state index contributed by atoms with van der Waals surface area (Å²) in [6.07, 6.45) is 1.62. The summed E-state index contributed by atoms with van der Waals surface area (Å²) in [5.74, 6) is -0.425. The molecule has 2 amide bonds. The molecule has 0 aromatic heterocycles. The molecule has 0 fully saturated rings. The minimum Gasteiger partial charge on any atom is -0.355 e. The van der Waals surface area contributed by atoms with E-state index in [4.69, 9.17) is 0 Å². The minimum atomic E-state index is -3.52. The molecule has 0 spiro atoms. The van der Waals surface area contributed by atoms with Crippen molar-refractivity contribution < 1.29 is 18.0 Å². The number of nitrogens with one attached hydrogen (secondary N) is 1. The van der Waals surface area contributed by atoms with Gasteiger partial charge in [0.25, 0.3) is 0 Å². The van der Waals surface area contributed by atoms with Crippen LogP contribution in [0.3, 0.4) is 0 Å². The number of carbonyl (C=O) groups excluding carboxylic acids is 2. The van der Waals surface area contributed by atoms with Crippen molar-refractivity contribution in [3.05, 3.63) is 63.6 Å². The number of anilines is 1. The number of hydrogen-bond donors (Lipinski definition) is 1. The summed E-state index contributed by atoms with van der Waals surface area (Å²) in [7, 11) is -3.52. The van der Waals surface area contributed by atoms with Crippen LogP contribution in [0.1, 0.15) is 43.4 Å². The van der Waals surface area contributed by atoms with Gasteiger partial charge in [0, 0.05) is 30.5 Å². The maximum absolute atomic E-state index is 13.2. The molecule has 34 heavy (non-hydrogen) atoms. The normalized spacial score (nSPS) is 12.2. The minimum absolute atomic E-state index is 0.120. The number of rotatable bonds is 11. The molecule has 1 N–H and O–H groups in total. The Balaban J connectivity index is 2.18. The lowest BCUT2D eigenvalue weighted by Crippen LogP contribution is -2.47. The summed E-state index contributed by atoms with van der Waals surface area (Å²) in [6, 6.07) is 12.6. The van der Waals surface area contributed by atoms with Gasteiger partial charge in [-0.25, -0.2) is 8.42 Å². The van der Waals surface area contributed by atoms with E-state index in [-0.39, 0.29) is 31.3 Å². The molecular weight excluding hydrogens is 518 g/mol. The highest BCUT2D eigenvalue weighted by atomic mass is 79.9. The molecule has 2 aromatic carbocycles. The van der Waals surface area contributed by atoms with Crippen LogP contribution < -0.4 is 9.62 Å². The van der Waals surface area contributed by atoms with Crippen LogP contribution in [0.25, 0.3) is 0 Å². The Hall–Kier alpha value is -2.39. The predicted octanol–water partition coefficient (Wildman–Crippen LogP) is 4.17. The average molecular weight is 553 g/mol. The van der Waals surface area contributed by atoms with E-state index < -0.39 is 16.1 Å². The molecule has 0 bridgehead atoms. The SMILES string of the molecule is CCNC(=O)C(C)N(Cc1cccc(Br)c1)C(=O)CCCN(c1cc(C)cc(C)c1)S(C)(=O)=O. The molecule has 1 atom stereocenters. The van der Waals surface area contributed by atoms with Gasteiger partial charge in [0.05, 0.1) is 11.9 Å². The van der Waals surface area contributed by atoms with E-state index in [1.165, 1.54) is 10.6 Å². The van der Waals surface area contributed by atoms with Crippen molar-refractivity contribution in [3.8, 4) is 0 Å².